The minimum atomic E-state index is -0.0650. The Hall–Kier alpha value is -1.52. The minimum Gasteiger partial charge on any atom is -0.486 e. The predicted octanol–water partition coefficient (Wildman–Crippen LogP) is 3.23. The van der Waals surface area contributed by atoms with E-state index >= 15 is 0 Å². The zero-order chi connectivity index (χ0) is 14.7. The molecule has 0 aliphatic rings. The van der Waals surface area contributed by atoms with Gasteiger partial charge in [-0.05, 0) is 31.2 Å². The first-order valence-electron chi connectivity index (χ1n) is 6.05. The molecule has 0 aliphatic heterocycles. The third-order valence-electron chi connectivity index (χ3n) is 2.84. The maximum absolute atomic E-state index is 11.9. The summed E-state index contributed by atoms with van der Waals surface area (Å²) < 4.78 is 7.02. The lowest BCUT2D eigenvalue weighted by molar-refractivity contribution is -0.120. The molecule has 1 aromatic heterocycles. The Bertz CT molecular complexity index is 621. The van der Waals surface area contributed by atoms with Crippen LogP contribution in [-0.2, 0) is 18.3 Å². The number of benzene rings is 1. The topological polar surface area (TPSA) is 44.1 Å². The van der Waals surface area contributed by atoms with Crippen LogP contribution in [0, 0.1) is 6.92 Å². The highest BCUT2D eigenvalue weighted by Crippen LogP contribution is 2.20. The Morgan fingerprint density at radius 1 is 1.30 bits per heavy atom. The second-order valence-corrected chi connectivity index (χ2v) is 5.24. The van der Waals surface area contributed by atoms with Gasteiger partial charge >= 0.3 is 0 Å². The fourth-order valence-corrected chi connectivity index (χ4v) is 2.16. The normalized spacial score (nSPS) is 10.6. The molecule has 0 unspecified atom stereocenters. The maximum atomic E-state index is 11.9. The van der Waals surface area contributed by atoms with Crippen molar-refractivity contribution in [1.29, 1.82) is 0 Å². The van der Waals surface area contributed by atoms with Crippen LogP contribution in [0.1, 0.15) is 11.4 Å². The molecule has 2 aromatic rings. The fraction of sp³-hybridized carbons (Fsp3) is 0.286. The second-order valence-electron chi connectivity index (χ2n) is 4.43. The van der Waals surface area contributed by atoms with Crippen molar-refractivity contribution in [2.75, 3.05) is 6.61 Å². The highest BCUT2D eigenvalue weighted by molar-refractivity contribution is 6.32. The van der Waals surface area contributed by atoms with Crippen LogP contribution in [0.3, 0.4) is 0 Å². The Balaban J connectivity index is 1.94. The predicted molar refractivity (Wildman–Crippen MR) is 78.6 cm³/mol. The van der Waals surface area contributed by atoms with Gasteiger partial charge in [-0.3, -0.25) is 9.48 Å². The van der Waals surface area contributed by atoms with Crippen LogP contribution in [-0.4, -0.2) is 22.2 Å². The summed E-state index contributed by atoms with van der Waals surface area (Å²) in [5.74, 6) is 0.542. The lowest BCUT2D eigenvalue weighted by Gasteiger charge is -2.06. The first-order valence-corrected chi connectivity index (χ1v) is 6.81. The molecule has 0 saturated carbocycles. The largest absolute Gasteiger partial charge is 0.486 e. The number of ether oxygens (including phenoxy) is 1. The molecule has 6 heteroatoms. The summed E-state index contributed by atoms with van der Waals surface area (Å²) in [4.78, 5) is 11.9. The van der Waals surface area contributed by atoms with Crippen LogP contribution in [0.4, 0.5) is 0 Å². The molecule has 0 N–H and O–H groups in total. The number of hydrogen-bond donors (Lipinski definition) is 0. The van der Waals surface area contributed by atoms with E-state index in [4.69, 9.17) is 27.9 Å². The van der Waals surface area contributed by atoms with Crippen LogP contribution in [0.15, 0.2) is 24.3 Å². The summed E-state index contributed by atoms with van der Waals surface area (Å²) in [5, 5.41) is 5.33. The van der Waals surface area contributed by atoms with E-state index in [9.17, 15) is 4.79 Å². The molecule has 0 amide bonds. The molecule has 2 rings (SSSR count). The van der Waals surface area contributed by atoms with Crippen LogP contribution in [0.2, 0.25) is 10.0 Å². The molecule has 1 aromatic carbocycles. The van der Waals surface area contributed by atoms with E-state index in [1.807, 2.05) is 0 Å². The van der Waals surface area contributed by atoms with Crippen molar-refractivity contribution in [3.05, 3.63) is 45.7 Å². The molecule has 1 heterocycles. The molecule has 0 spiro atoms. The zero-order valence-corrected chi connectivity index (χ0v) is 12.7. The van der Waals surface area contributed by atoms with Crippen LogP contribution in [0.5, 0.6) is 5.75 Å². The van der Waals surface area contributed by atoms with Crippen molar-refractivity contribution >= 4 is 29.0 Å². The molecule has 0 radical (unpaired) electrons. The minimum absolute atomic E-state index is 0.0117. The fourth-order valence-electron chi connectivity index (χ4n) is 1.80. The average molecular weight is 313 g/mol. The van der Waals surface area contributed by atoms with Gasteiger partial charge in [-0.15, -0.1) is 0 Å². The van der Waals surface area contributed by atoms with E-state index < -0.39 is 0 Å². The number of hydrogen-bond acceptors (Lipinski definition) is 3. The van der Waals surface area contributed by atoms with E-state index in [1.54, 1.807) is 42.9 Å². The van der Waals surface area contributed by atoms with Gasteiger partial charge in [0.15, 0.2) is 5.78 Å². The Kier molecular flexibility index (Phi) is 4.68. The first-order chi connectivity index (χ1) is 9.47. The summed E-state index contributed by atoms with van der Waals surface area (Å²) in [6.07, 6.45) is 0.198. The highest BCUT2D eigenvalue weighted by Gasteiger charge is 2.15. The first kappa shape index (κ1) is 14.9. The maximum Gasteiger partial charge on any atom is 0.176 e. The second kappa shape index (κ2) is 6.29. The van der Waals surface area contributed by atoms with Gasteiger partial charge in [0, 0.05) is 12.1 Å². The standard InChI is InChI=1S/C14H14Cl2N2O2/c1-9-14(16)13(18(2)17-9)7-11(19)8-20-12-5-3-10(15)4-6-12/h3-6H,7-8H2,1-2H3. The Morgan fingerprint density at radius 2 is 1.95 bits per heavy atom. The third-order valence-corrected chi connectivity index (χ3v) is 3.58. The van der Waals surface area contributed by atoms with Gasteiger partial charge < -0.3 is 4.74 Å². The summed E-state index contributed by atoms with van der Waals surface area (Å²) >= 11 is 11.9. The van der Waals surface area contributed by atoms with Crippen molar-refractivity contribution in [3.8, 4) is 5.75 Å². The van der Waals surface area contributed by atoms with Crippen molar-refractivity contribution in [3.63, 3.8) is 0 Å². The van der Waals surface area contributed by atoms with Crippen molar-refractivity contribution < 1.29 is 9.53 Å². The van der Waals surface area contributed by atoms with Crippen LogP contribution < -0.4 is 4.74 Å². The zero-order valence-electron chi connectivity index (χ0n) is 11.2. The van der Waals surface area contributed by atoms with E-state index in [1.165, 1.54) is 0 Å². The number of ketones is 1. The van der Waals surface area contributed by atoms with Crippen LogP contribution in [0.25, 0.3) is 0 Å². The molecular formula is C14H14Cl2N2O2. The van der Waals surface area contributed by atoms with E-state index in [2.05, 4.69) is 5.10 Å². The average Bonchev–Trinajstić information content (AvgIpc) is 2.65. The number of carbonyl (C=O) groups excluding carboxylic acids is 1. The van der Waals surface area contributed by atoms with Gasteiger partial charge in [0.2, 0.25) is 0 Å². The van der Waals surface area contributed by atoms with E-state index in [0.717, 1.165) is 5.69 Å². The number of Topliss-reactive ketones (excluding diaryl/α,β-unsaturated/α-hetero) is 1. The third kappa shape index (κ3) is 3.52. The van der Waals surface area contributed by atoms with Crippen LogP contribution >= 0.6 is 23.2 Å². The highest BCUT2D eigenvalue weighted by atomic mass is 35.5. The Labute approximate surface area is 127 Å². The van der Waals surface area contributed by atoms with E-state index in [0.29, 0.717) is 21.5 Å². The summed E-state index contributed by atoms with van der Waals surface area (Å²) in [7, 11) is 1.77. The number of rotatable bonds is 5. The molecule has 0 atom stereocenters. The number of aromatic nitrogens is 2. The molecule has 0 bridgehead atoms. The lowest BCUT2D eigenvalue weighted by Crippen LogP contribution is -2.16. The van der Waals surface area contributed by atoms with Gasteiger partial charge in [-0.25, -0.2) is 0 Å². The molecule has 0 fully saturated rings. The SMILES string of the molecule is Cc1nn(C)c(CC(=O)COc2ccc(Cl)cc2)c1Cl. The number of carbonyl (C=O) groups is 1. The van der Waals surface area contributed by atoms with Crippen molar-refractivity contribution in [1.82, 2.24) is 9.78 Å². The smallest absolute Gasteiger partial charge is 0.176 e. The summed E-state index contributed by atoms with van der Waals surface area (Å²) in [5.41, 5.74) is 1.42. The molecule has 106 valence electrons. The van der Waals surface area contributed by atoms with Gasteiger partial charge in [-0.2, -0.15) is 5.10 Å². The van der Waals surface area contributed by atoms with Crippen molar-refractivity contribution in [2.45, 2.75) is 13.3 Å². The Morgan fingerprint density at radius 3 is 2.50 bits per heavy atom. The summed E-state index contributed by atoms with van der Waals surface area (Å²) in [6, 6.07) is 6.86. The number of aryl methyl sites for hydroxylation is 2. The quantitative estimate of drug-likeness (QED) is 0.851. The van der Waals surface area contributed by atoms with E-state index in [-0.39, 0.29) is 18.8 Å². The number of nitrogens with zero attached hydrogens (tertiary/aromatic N) is 2. The van der Waals surface area contributed by atoms with Gasteiger partial charge in [0.05, 0.1) is 22.8 Å². The van der Waals surface area contributed by atoms with Gasteiger partial charge in [-0.1, -0.05) is 23.2 Å². The lowest BCUT2D eigenvalue weighted by atomic mass is 10.2. The van der Waals surface area contributed by atoms with Gasteiger partial charge in [0.25, 0.3) is 0 Å². The van der Waals surface area contributed by atoms with Crippen molar-refractivity contribution in [2.24, 2.45) is 7.05 Å². The summed E-state index contributed by atoms with van der Waals surface area (Å²) in [6.45, 7) is 1.79. The monoisotopic (exact) mass is 312 g/mol. The molecular weight excluding hydrogens is 299 g/mol. The molecule has 20 heavy (non-hydrogen) atoms. The number of halogens is 2. The molecule has 4 nitrogen and oxygen atoms in total. The molecule has 0 saturated heterocycles. The molecule has 0 aliphatic carbocycles. The van der Waals surface area contributed by atoms with Gasteiger partial charge in [0.1, 0.15) is 12.4 Å².